The average Bonchev–Trinajstić information content (AvgIpc) is 2.40. The third kappa shape index (κ3) is 3.61. The van der Waals surface area contributed by atoms with Gasteiger partial charge in [0.25, 0.3) is 0 Å². The molecule has 0 heterocycles. The molecule has 0 aliphatic carbocycles. The minimum atomic E-state index is -0.810. The van der Waals surface area contributed by atoms with E-state index in [0.717, 1.165) is 11.6 Å². The Bertz CT molecular complexity index is 566. The lowest BCUT2D eigenvalue weighted by Crippen LogP contribution is -2.18. The van der Waals surface area contributed by atoms with Crippen molar-refractivity contribution in [3.8, 4) is 0 Å². The van der Waals surface area contributed by atoms with Crippen molar-refractivity contribution in [1.29, 1.82) is 0 Å². The van der Waals surface area contributed by atoms with E-state index >= 15 is 0 Å². The molecule has 0 amide bonds. The van der Waals surface area contributed by atoms with E-state index in [1.807, 2.05) is 19.1 Å². The maximum Gasteiger partial charge on any atom is 0.159 e. The highest BCUT2D eigenvalue weighted by atomic mass is 19.2. The van der Waals surface area contributed by atoms with E-state index in [-0.39, 0.29) is 6.04 Å². The number of halogens is 2. The molecule has 2 aromatic rings. The molecule has 0 aliphatic rings. The Hall–Kier alpha value is -1.74. The van der Waals surface area contributed by atoms with E-state index in [0.29, 0.717) is 6.54 Å². The van der Waals surface area contributed by atoms with Crippen LogP contribution in [0.5, 0.6) is 0 Å². The number of aryl methyl sites for hydroxylation is 1. The quantitative estimate of drug-likeness (QED) is 0.872. The molecule has 0 aromatic heterocycles. The molecule has 19 heavy (non-hydrogen) atoms. The Morgan fingerprint density at radius 3 is 2.53 bits per heavy atom. The van der Waals surface area contributed by atoms with Gasteiger partial charge in [0.1, 0.15) is 0 Å². The van der Waals surface area contributed by atoms with Crippen LogP contribution < -0.4 is 5.32 Å². The first-order chi connectivity index (χ1) is 9.06. The van der Waals surface area contributed by atoms with Crippen LogP contribution >= 0.6 is 0 Å². The number of benzene rings is 2. The number of rotatable bonds is 4. The van der Waals surface area contributed by atoms with Crippen molar-refractivity contribution in [2.75, 3.05) is 0 Å². The second-order valence-electron chi connectivity index (χ2n) is 4.77. The second kappa shape index (κ2) is 5.93. The summed E-state index contributed by atoms with van der Waals surface area (Å²) in [6, 6.07) is 12.4. The molecule has 0 saturated heterocycles. The molecule has 0 unspecified atom stereocenters. The highest BCUT2D eigenvalue weighted by Crippen LogP contribution is 2.15. The van der Waals surface area contributed by atoms with E-state index in [4.69, 9.17) is 0 Å². The predicted octanol–water partition coefficient (Wildman–Crippen LogP) is 4.12. The number of nitrogens with one attached hydrogen (secondary N) is 1. The van der Waals surface area contributed by atoms with Crippen molar-refractivity contribution in [1.82, 2.24) is 5.32 Å². The summed E-state index contributed by atoms with van der Waals surface area (Å²) in [6.45, 7) is 4.60. The van der Waals surface area contributed by atoms with E-state index in [1.165, 1.54) is 17.2 Å². The molecule has 0 aliphatic heterocycles. The molecular formula is C16H17F2N. The molecule has 0 saturated carbocycles. The number of hydrogen-bond donors (Lipinski definition) is 1. The third-order valence-corrected chi connectivity index (χ3v) is 3.14. The van der Waals surface area contributed by atoms with E-state index < -0.39 is 11.6 Å². The summed E-state index contributed by atoms with van der Waals surface area (Å²) in [5.41, 5.74) is 3.12. The van der Waals surface area contributed by atoms with Gasteiger partial charge in [-0.2, -0.15) is 0 Å². The molecule has 100 valence electrons. The summed E-state index contributed by atoms with van der Waals surface area (Å²) in [6.07, 6.45) is 0. The molecule has 0 fully saturated rings. The Balaban J connectivity index is 2.00. The van der Waals surface area contributed by atoms with Gasteiger partial charge in [0.2, 0.25) is 0 Å². The van der Waals surface area contributed by atoms with Gasteiger partial charge in [0, 0.05) is 12.6 Å². The fourth-order valence-corrected chi connectivity index (χ4v) is 1.98. The van der Waals surface area contributed by atoms with Gasteiger partial charge in [0.15, 0.2) is 11.6 Å². The normalized spacial score (nSPS) is 12.4. The van der Waals surface area contributed by atoms with E-state index in [1.54, 1.807) is 6.07 Å². The van der Waals surface area contributed by atoms with Crippen molar-refractivity contribution >= 4 is 0 Å². The highest BCUT2D eigenvalue weighted by Gasteiger charge is 2.06. The van der Waals surface area contributed by atoms with Crippen molar-refractivity contribution in [2.24, 2.45) is 0 Å². The largest absolute Gasteiger partial charge is 0.306 e. The third-order valence-electron chi connectivity index (χ3n) is 3.14. The van der Waals surface area contributed by atoms with Crippen molar-refractivity contribution in [2.45, 2.75) is 26.4 Å². The van der Waals surface area contributed by atoms with Crippen LogP contribution in [0, 0.1) is 18.6 Å². The minimum Gasteiger partial charge on any atom is -0.306 e. The van der Waals surface area contributed by atoms with Crippen molar-refractivity contribution in [3.63, 3.8) is 0 Å². The first kappa shape index (κ1) is 13.7. The van der Waals surface area contributed by atoms with Gasteiger partial charge in [-0.15, -0.1) is 0 Å². The molecule has 1 nitrogen and oxygen atoms in total. The predicted molar refractivity (Wildman–Crippen MR) is 72.8 cm³/mol. The summed E-state index contributed by atoms with van der Waals surface area (Å²) in [5, 5.41) is 3.30. The zero-order chi connectivity index (χ0) is 13.8. The standard InChI is InChI=1S/C16H17F2N/c1-11-4-3-5-14(8-11)12(2)19-10-13-6-7-15(17)16(18)9-13/h3-9,12,19H,10H2,1-2H3/t12-/m1/s1. The van der Waals surface area contributed by atoms with Gasteiger partial charge >= 0.3 is 0 Å². The summed E-state index contributed by atoms with van der Waals surface area (Å²) in [7, 11) is 0. The summed E-state index contributed by atoms with van der Waals surface area (Å²) in [4.78, 5) is 0. The zero-order valence-electron chi connectivity index (χ0n) is 11.1. The first-order valence-electron chi connectivity index (χ1n) is 6.30. The van der Waals surface area contributed by atoms with Crippen LogP contribution in [0.4, 0.5) is 8.78 Å². The lowest BCUT2D eigenvalue weighted by Gasteiger charge is -2.15. The van der Waals surface area contributed by atoms with Crippen LogP contribution in [0.25, 0.3) is 0 Å². The molecule has 1 N–H and O–H groups in total. The first-order valence-corrected chi connectivity index (χ1v) is 6.30. The molecule has 1 atom stereocenters. The van der Waals surface area contributed by atoms with E-state index in [9.17, 15) is 8.78 Å². The maximum absolute atomic E-state index is 13.1. The number of hydrogen-bond acceptors (Lipinski definition) is 1. The monoisotopic (exact) mass is 261 g/mol. The fourth-order valence-electron chi connectivity index (χ4n) is 1.98. The van der Waals surface area contributed by atoms with Gasteiger partial charge < -0.3 is 5.32 Å². The van der Waals surface area contributed by atoms with Gasteiger partial charge in [-0.25, -0.2) is 8.78 Å². The molecule has 0 radical (unpaired) electrons. The van der Waals surface area contributed by atoms with Gasteiger partial charge in [-0.1, -0.05) is 35.9 Å². The van der Waals surface area contributed by atoms with Crippen molar-refractivity contribution < 1.29 is 8.78 Å². The molecular weight excluding hydrogens is 244 g/mol. The summed E-state index contributed by atoms with van der Waals surface area (Å²) in [5.74, 6) is -1.61. The van der Waals surface area contributed by atoms with E-state index in [2.05, 4.69) is 24.4 Å². The fraction of sp³-hybridized carbons (Fsp3) is 0.250. The Morgan fingerprint density at radius 2 is 1.84 bits per heavy atom. The molecule has 2 aromatic carbocycles. The summed E-state index contributed by atoms with van der Waals surface area (Å²) >= 11 is 0. The van der Waals surface area contributed by atoms with Crippen LogP contribution in [-0.4, -0.2) is 0 Å². The maximum atomic E-state index is 13.1. The minimum absolute atomic E-state index is 0.160. The second-order valence-corrected chi connectivity index (χ2v) is 4.77. The van der Waals surface area contributed by atoms with Gasteiger partial charge in [-0.05, 0) is 37.1 Å². The van der Waals surface area contributed by atoms with Crippen LogP contribution in [0.2, 0.25) is 0 Å². The summed E-state index contributed by atoms with van der Waals surface area (Å²) < 4.78 is 25.9. The van der Waals surface area contributed by atoms with Gasteiger partial charge in [0.05, 0.1) is 0 Å². The van der Waals surface area contributed by atoms with Crippen LogP contribution in [-0.2, 0) is 6.54 Å². The zero-order valence-corrected chi connectivity index (χ0v) is 11.1. The Kier molecular flexibility index (Phi) is 4.27. The SMILES string of the molecule is Cc1cccc([C@@H](C)NCc2ccc(F)c(F)c2)c1. The van der Waals surface area contributed by atoms with Gasteiger partial charge in [-0.3, -0.25) is 0 Å². The Labute approximate surface area is 112 Å². The molecule has 3 heteroatoms. The molecule has 0 spiro atoms. The van der Waals surface area contributed by atoms with Crippen molar-refractivity contribution in [3.05, 3.63) is 70.8 Å². The topological polar surface area (TPSA) is 12.0 Å². The van der Waals surface area contributed by atoms with Crippen LogP contribution in [0.1, 0.15) is 29.7 Å². The smallest absolute Gasteiger partial charge is 0.159 e. The highest BCUT2D eigenvalue weighted by molar-refractivity contribution is 5.25. The lowest BCUT2D eigenvalue weighted by atomic mass is 10.1. The van der Waals surface area contributed by atoms with Crippen LogP contribution in [0.3, 0.4) is 0 Å². The average molecular weight is 261 g/mol. The molecule has 2 rings (SSSR count). The molecule has 0 bridgehead atoms. The van der Waals surface area contributed by atoms with Crippen LogP contribution in [0.15, 0.2) is 42.5 Å². The lowest BCUT2D eigenvalue weighted by molar-refractivity contribution is 0.504. The Morgan fingerprint density at radius 1 is 1.05 bits per heavy atom.